The van der Waals surface area contributed by atoms with Crippen LogP contribution in [0.2, 0.25) is 0 Å². The molecule has 0 bridgehead atoms. The second-order valence-electron chi connectivity index (χ2n) is 9.34. The molecule has 2 aliphatic rings. The van der Waals surface area contributed by atoms with Gasteiger partial charge in [-0.05, 0) is 54.1 Å². The summed E-state index contributed by atoms with van der Waals surface area (Å²) in [7, 11) is 1.53. The Bertz CT molecular complexity index is 1670. The summed E-state index contributed by atoms with van der Waals surface area (Å²) in [5, 5.41) is 2.40. The number of imide groups is 1. The SMILES string of the molecule is COc1ccc(N2C(=O)[C@H]3[C@H](c4ccc(F)cc4)c4sc(=O)n(CC(=O)Nc5ccccc5)c4S[C@H]3C2=O)cc1. The third-order valence-corrected chi connectivity index (χ3v) is 9.57. The van der Waals surface area contributed by atoms with Gasteiger partial charge in [-0.2, -0.15) is 0 Å². The highest BCUT2D eigenvalue weighted by Gasteiger charge is 2.56. The van der Waals surface area contributed by atoms with Crippen LogP contribution < -0.4 is 19.8 Å². The first-order valence-corrected chi connectivity index (χ1v) is 14.1. The first kappa shape index (κ1) is 26.0. The molecule has 1 aromatic heterocycles. The number of benzene rings is 3. The van der Waals surface area contributed by atoms with Crippen LogP contribution in [0, 0.1) is 11.7 Å². The highest BCUT2D eigenvalue weighted by Crippen LogP contribution is 2.53. The van der Waals surface area contributed by atoms with Gasteiger partial charge in [-0.1, -0.05) is 53.4 Å². The van der Waals surface area contributed by atoms with Crippen LogP contribution >= 0.6 is 23.1 Å². The van der Waals surface area contributed by atoms with E-state index in [1.807, 2.05) is 6.07 Å². The molecule has 8 nitrogen and oxygen atoms in total. The lowest BCUT2D eigenvalue weighted by atomic mass is 9.83. The Morgan fingerprint density at radius 2 is 1.65 bits per heavy atom. The first-order chi connectivity index (χ1) is 19.4. The van der Waals surface area contributed by atoms with Crippen LogP contribution in [0.1, 0.15) is 16.4 Å². The van der Waals surface area contributed by atoms with Crippen molar-refractivity contribution in [2.24, 2.45) is 5.92 Å². The fraction of sp³-hybridized carbons (Fsp3) is 0.172. The minimum Gasteiger partial charge on any atom is -0.497 e. The molecule has 3 aromatic carbocycles. The number of fused-ring (bicyclic) bond motifs is 2. The first-order valence-electron chi connectivity index (χ1n) is 12.4. The summed E-state index contributed by atoms with van der Waals surface area (Å²) in [6.45, 7) is -0.260. The molecule has 11 heteroatoms. The molecule has 3 heterocycles. The second kappa shape index (κ2) is 10.4. The molecule has 3 amide bonds. The van der Waals surface area contributed by atoms with Crippen molar-refractivity contribution in [1.82, 2.24) is 4.57 Å². The van der Waals surface area contributed by atoms with Crippen molar-refractivity contribution in [3.8, 4) is 5.75 Å². The summed E-state index contributed by atoms with van der Waals surface area (Å²) < 4.78 is 20.4. The number of methoxy groups -OCH3 is 1. The van der Waals surface area contributed by atoms with Crippen LogP contribution in [0.25, 0.3) is 0 Å². The van der Waals surface area contributed by atoms with E-state index < -0.39 is 40.6 Å². The lowest BCUT2D eigenvalue weighted by molar-refractivity contribution is -0.122. The number of nitrogens with one attached hydrogen (secondary N) is 1. The van der Waals surface area contributed by atoms with Gasteiger partial charge in [0.1, 0.15) is 23.4 Å². The monoisotopic (exact) mass is 575 g/mol. The third kappa shape index (κ3) is 4.50. The predicted octanol–water partition coefficient (Wildman–Crippen LogP) is 4.49. The summed E-state index contributed by atoms with van der Waals surface area (Å²) in [5.74, 6) is -2.56. The van der Waals surface area contributed by atoms with Gasteiger partial charge in [0.15, 0.2) is 0 Å². The zero-order valence-electron chi connectivity index (χ0n) is 21.1. The van der Waals surface area contributed by atoms with Crippen LogP contribution in [0.4, 0.5) is 15.8 Å². The van der Waals surface area contributed by atoms with E-state index in [0.29, 0.717) is 32.6 Å². The smallest absolute Gasteiger partial charge is 0.308 e. The summed E-state index contributed by atoms with van der Waals surface area (Å²) >= 11 is 2.07. The van der Waals surface area contributed by atoms with Crippen molar-refractivity contribution in [2.75, 3.05) is 17.3 Å². The maximum atomic E-state index is 13.9. The summed E-state index contributed by atoms with van der Waals surface area (Å²) in [6, 6.07) is 21.2. The predicted molar refractivity (Wildman–Crippen MR) is 151 cm³/mol. The lowest BCUT2D eigenvalue weighted by Gasteiger charge is -2.30. The number of anilines is 2. The molecular formula is C29H22FN3O5S2. The normalized spacial score (nSPS) is 19.8. The number of thiazole rings is 1. The number of amides is 3. The molecule has 1 fully saturated rings. The number of hydrogen-bond acceptors (Lipinski definition) is 7. The highest BCUT2D eigenvalue weighted by atomic mass is 32.2. The second-order valence-corrected chi connectivity index (χ2v) is 11.5. The number of ether oxygens (including phenoxy) is 1. The molecule has 202 valence electrons. The van der Waals surface area contributed by atoms with E-state index in [-0.39, 0.29) is 11.4 Å². The molecule has 0 unspecified atom stereocenters. The largest absolute Gasteiger partial charge is 0.497 e. The van der Waals surface area contributed by atoms with Gasteiger partial charge in [-0.25, -0.2) is 9.29 Å². The molecule has 0 radical (unpaired) electrons. The Kier molecular flexibility index (Phi) is 6.77. The minimum absolute atomic E-state index is 0.260. The number of carbonyl (C=O) groups is 3. The maximum Gasteiger partial charge on any atom is 0.308 e. The van der Waals surface area contributed by atoms with Gasteiger partial charge in [-0.3, -0.25) is 23.7 Å². The molecule has 1 saturated heterocycles. The van der Waals surface area contributed by atoms with E-state index in [4.69, 9.17) is 4.74 Å². The highest BCUT2D eigenvalue weighted by molar-refractivity contribution is 8.00. The van der Waals surface area contributed by atoms with E-state index in [2.05, 4.69) is 5.32 Å². The van der Waals surface area contributed by atoms with Gasteiger partial charge in [-0.15, -0.1) is 0 Å². The molecule has 0 saturated carbocycles. The lowest BCUT2D eigenvalue weighted by Crippen LogP contribution is -2.33. The Morgan fingerprint density at radius 1 is 0.950 bits per heavy atom. The molecule has 6 rings (SSSR count). The number of aromatic nitrogens is 1. The van der Waals surface area contributed by atoms with E-state index in [1.165, 1.54) is 28.7 Å². The van der Waals surface area contributed by atoms with Gasteiger partial charge >= 0.3 is 4.87 Å². The van der Waals surface area contributed by atoms with E-state index in [9.17, 15) is 23.6 Å². The van der Waals surface area contributed by atoms with Crippen molar-refractivity contribution in [3.05, 3.63) is 105 Å². The van der Waals surface area contributed by atoms with E-state index >= 15 is 0 Å². The average Bonchev–Trinajstić information content (AvgIpc) is 3.40. The summed E-state index contributed by atoms with van der Waals surface area (Å²) in [4.78, 5) is 55.1. The fourth-order valence-electron chi connectivity index (χ4n) is 5.14. The Hall–Kier alpha value is -4.22. The Morgan fingerprint density at radius 3 is 2.33 bits per heavy atom. The quantitative estimate of drug-likeness (QED) is 0.340. The molecule has 2 aliphatic heterocycles. The topological polar surface area (TPSA) is 97.7 Å². The van der Waals surface area contributed by atoms with Gasteiger partial charge in [0.05, 0.1) is 23.7 Å². The number of hydrogen-bond donors (Lipinski definition) is 1. The number of rotatable bonds is 6. The summed E-state index contributed by atoms with van der Waals surface area (Å²) in [6.07, 6.45) is 0. The molecule has 1 N–H and O–H groups in total. The van der Waals surface area contributed by atoms with E-state index in [1.54, 1.807) is 60.7 Å². The zero-order chi connectivity index (χ0) is 28.0. The molecule has 0 spiro atoms. The van der Waals surface area contributed by atoms with Crippen molar-refractivity contribution in [1.29, 1.82) is 0 Å². The van der Waals surface area contributed by atoms with E-state index in [0.717, 1.165) is 23.1 Å². The van der Waals surface area contributed by atoms with Crippen molar-refractivity contribution >= 4 is 52.2 Å². The average molecular weight is 576 g/mol. The van der Waals surface area contributed by atoms with Gasteiger partial charge in [0.2, 0.25) is 17.7 Å². The van der Waals surface area contributed by atoms with Crippen LogP contribution in [0.5, 0.6) is 5.75 Å². The molecule has 0 aliphatic carbocycles. The third-order valence-electron chi connectivity index (χ3n) is 6.97. The Balaban J connectivity index is 1.41. The van der Waals surface area contributed by atoms with Crippen LogP contribution in [0.3, 0.4) is 0 Å². The fourth-order valence-corrected chi connectivity index (χ4v) is 7.91. The number of halogens is 1. The van der Waals surface area contributed by atoms with Crippen LogP contribution in [-0.4, -0.2) is 34.6 Å². The number of para-hydroxylation sites is 1. The standard InChI is InChI=1S/C29H22FN3O5S2/c1-38-20-13-11-19(12-14-20)33-26(35)23-22(16-7-9-17(30)10-8-16)25-28(39-24(23)27(33)36)32(29(37)40-25)15-21(34)31-18-5-3-2-4-6-18/h2-14,22-24H,15H2,1H3,(H,31,34)/t22-,23-,24+/m0/s1. The molecule has 40 heavy (non-hydrogen) atoms. The molecule has 4 aromatic rings. The summed E-state index contributed by atoms with van der Waals surface area (Å²) in [5.41, 5.74) is 1.61. The number of carbonyl (C=O) groups excluding carboxylic acids is 3. The number of thioether (sulfide) groups is 1. The van der Waals surface area contributed by atoms with Gasteiger partial charge in [0.25, 0.3) is 0 Å². The number of nitrogens with zero attached hydrogens (tertiary/aromatic N) is 2. The van der Waals surface area contributed by atoms with Crippen molar-refractivity contribution in [2.45, 2.75) is 22.7 Å². The Labute approximate surface area is 236 Å². The molecule has 3 atom stereocenters. The van der Waals surface area contributed by atoms with Gasteiger partial charge < -0.3 is 10.1 Å². The van der Waals surface area contributed by atoms with Crippen molar-refractivity contribution < 1.29 is 23.5 Å². The van der Waals surface area contributed by atoms with Crippen LogP contribution in [0.15, 0.2) is 88.7 Å². The van der Waals surface area contributed by atoms with Crippen LogP contribution in [-0.2, 0) is 20.9 Å². The maximum absolute atomic E-state index is 13.9. The minimum atomic E-state index is -0.838. The van der Waals surface area contributed by atoms with Crippen molar-refractivity contribution in [3.63, 3.8) is 0 Å². The zero-order valence-corrected chi connectivity index (χ0v) is 22.7. The molecular weight excluding hydrogens is 553 g/mol. The van der Waals surface area contributed by atoms with Gasteiger partial charge in [0, 0.05) is 16.5 Å².